The minimum atomic E-state index is -0.439. The van der Waals surface area contributed by atoms with E-state index in [-0.39, 0.29) is 16.7 Å². The molecule has 0 bridgehead atoms. The number of rotatable bonds is 7. The van der Waals surface area contributed by atoms with Crippen LogP contribution in [-0.4, -0.2) is 38.0 Å². The van der Waals surface area contributed by atoms with Gasteiger partial charge in [0.2, 0.25) is 0 Å². The number of aromatic amines is 1. The van der Waals surface area contributed by atoms with Crippen molar-refractivity contribution in [3.05, 3.63) is 94.2 Å². The third kappa shape index (κ3) is 4.96. The molecule has 8 heteroatoms. The van der Waals surface area contributed by atoms with Crippen molar-refractivity contribution >= 4 is 22.5 Å². The lowest BCUT2D eigenvalue weighted by Gasteiger charge is -2.38. The van der Waals surface area contributed by atoms with Gasteiger partial charge in [-0.15, -0.1) is 0 Å². The maximum absolute atomic E-state index is 12.6. The number of H-pyrrole nitrogens is 1. The Morgan fingerprint density at radius 3 is 2.92 bits per heavy atom. The molecule has 3 aromatic heterocycles. The lowest BCUT2D eigenvalue weighted by Crippen LogP contribution is -2.43. The number of allylic oxidation sites excluding steroid dienone is 1. The number of hydrogen-bond donors (Lipinski definition) is 4. The van der Waals surface area contributed by atoms with Gasteiger partial charge in [-0.25, -0.2) is 4.98 Å². The summed E-state index contributed by atoms with van der Waals surface area (Å²) in [5, 5.41) is 17.9. The first-order valence-corrected chi connectivity index (χ1v) is 12.2. The van der Waals surface area contributed by atoms with Gasteiger partial charge in [0.05, 0.1) is 6.10 Å². The van der Waals surface area contributed by atoms with Crippen LogP contribution >= 0.6 is 0 Å². The van der Waals surface area contributed by atoms with Crippen molar-refractivity contribution in [2.45, 2.75) is 39.5 Å². The summed E-state index contributed by atoms with van der Waals surface area (Å²) in [5.41, 5.74) is 3.04. The summed E-state index contributed by atoms with van der Waals surface area (Å²) in [5.74, 6) is 0.0722. The molecule has 1 amide bonds. The maximum Gasteiger partial charge on any atom is 0.270 e. The van der Waals surface area contributed by atoms with Crippen molar-refractivity contribution in [2.24, 2.45) is 11.3 Å². The normalized spacial score (nSPS) is 21.8. The molecule has 5 rings (SSSR count). The van der Waals surface area contributed by atoms with E-state index in [1.807, 2.05) is 24.3 Å². The molecule has 8 nitrogen and oxygen atoms in total. The number of aliphatic hydroxyl groups excluding tert-OH is 1. The molecule has 0 aliphatic heterocycles. The van der Waals surface area contributed by atoms with Crippen LogP contribution in [0.15, 0.2) is 71.7 Å². The van der Waals surface area contributed by atoms with Crippen molar-refractivity contribution in [2.75, 3.05) is 6.54 Å². The first kappa shape index (κ1) is 24.0. The lowest BCUT2D eigenvalue weighted by atomic mass is 9.73. The second-order valence-electron chi connectivity index (χ2n) is 10.1. The zero-order valence-electron chi connectivity index (χ0n) is 20.5. The van der Waals surface area contributed by atoms with Crippen molar-refractivity contribution in [1.82, 2.24) is 25.0 Å². The van der Waals surface area contributed by atoms with Gasteiger partial charge in [-0.1, -0.05) is 44.2 Å². The van der Waals surface area contributed by atoms with Crippen molar-refractivity contribution in [3.8, 4) is 0 Å². The lowest BCUT2D eigenvalue weighted by molar-refractivity contribution is 0.0510. The zero-order chi connectivity index (χ0) is 25.3. The molecule has 186 valence electrons. The first-order chi connectivity index (χ1) is 17.3. The molecule has 1 aliphatic rings. The van der Waals surface area contributed by atoms with Crippen LogP contribution in [0.4, 0.5) is 0 Å². The van der Waals surface area contributed by atoms with Crippen LogP contribution < -0.4 is 16.2 Å². The third-order valence-electron chi connectivity index (χ3n) is 6.97. The Morgan fingerprint density at radius 2 is 2.06 bits per heavy atom. The van der Waals surface area contributed by atoms with Crippen LogP contribution in [-0.2, 0) is 13.1 Å². The monoisotopic (exact) mass is 485 g/mol. The van der Waals surface area contributed by atoms with E-state index in [0.717, 1.165) is 35.1 Å². The number of benzene rings is 1. The summed E-state index contributed by atoms with van der Waals surface area (Å²) in [6.07, 6.45) is 6.13. The van der Waals surface area contributed by atoms with E-state index in [9.17, 15) is 14.7 Å². The molecule has 1 aliphatic carbocycles. The van der Waals surface area contributed by atoms with Gasteiger partial charge < -0.3 is 20.7 Å². The third-order valence-corrected chi connectivity index (χ3v) is 6.97. The van der Waals surface area contributed by atoms with Gasteiger partial charge in [0.1, 0.15) is 11.3 Å². The summed E-state index contributed by atoms with van der Waals surface area (Å²) < 4.78 is 1.40. The summed E-state index contributed by atoms with van der Waals surface area (Å²) in [4.78, 5) is 32.6. The van der Waals surface area contributed by atoms with Crippen LogP contribution in [0.3, 0.4) is 0 Å². The largest absolute Gasteiger partial charge is 0.388 e. The molecular weight excluding hydrogens is 454 g/mol. The molecule has 1 aromatic carbocycles. The number of nitrogens with one attached hydrogen (secondary N) is 3. The number of nitrogens with zero attached hydrogens (tertiary/aromatic N) is 2. The number of fused-ring (bicyclic) bond motifs is 2. The van der Waals surface area contributed by atoms with Crippen LogP contribution in [0.1, 0.15) is 42.0 Å². The highest BCUT2D eigenvalue weighted by atomic mass is 16.3. The molecule has 0 radical (unpaired) electrons. The standard InChI is InChI=1S/C28H31N5O3/c1-18-6-9-24(34)28(2,14-18)17-29-16-21-12-20-8-7-19(11-22(20)31-21)15-30-27(36)23-13-26(35)33-10-4-3-5-25(33)32-23/h3-13,18,24,29,31,34H,14-17H2,1-2H3,(H,30,36)/t18-,24+,28+/m1/s1. The predicted molar refractivity (Wildman–Crippen MR) is 140 cm³/mol. The number of carbonyl (C=O) groups is 1. The Labute approximate surface area is 209 Å². The van der Waals surface area contributed by atoms with E-state index in [0.29, 0.717) is 24.7 Å². The van der Waals surface area contributed by atoms with Gasteiger partial charge in [-0.3, -0.25) is 14.0 Å². The molecule has 4 aromatic rings. The molecule has 0 saturated heterocycles. The molecule has 3 heterocycles. The fourth-order valence-electron chi connectivity index (χ4n) is 4.99. The van der Waals surface area contributed by atoms with E-state index in [1.54, 1.807) is 24.4 Å². The molecular formula is C28H31N5O3. The van der Waals surface area contributed by atoms with Gasteiger partial charge in [-0.2, -0.15) is 0 Å². The van der Waals surface area contributed by atoms with Crippen molar-refractivity contribution in [1.29, 1.82) is 0 Å². The van der Waals surface area contributed by atoms with Crippen molar-refractivity contribution < 1.29 is 9.90 Å². The second-order valence-corrected chi connectivity index (χ2v) is 10.1. The Morgan fingerprint density at radius 1 is 1.19 bits per heavy atom. The highest BCUT2D eigenvalue weighted by Gasteiger charge is 2.35. The fraction of sp³-hybridized carbons (Fsp3) is 0.321. The Balaban J connectivity index is 1.21. The molecule has 0 saturated carbocycles. The predicted octanol–water partition coefficient (Wildman–Crippen LogP) is 3.16. The molecule has 0 spiro atoms. The highest BCUT2D eigenvalue weighted by molar-refractivity contribution is 5.92. The molecule has 0 unspecified atom stereocenters. The van der Waals surface area contributed by atoms with Crippen LogP contribution in [0.5, 0.6) is 0 Å². The number of aliphatic hydroxyl groups is 1. The Hall–Kier alpha value is -3.75. The number of aromatic nitrogens is 3. The topological polar surface area (TPSA) is 112 Å². The van der Waals surface area contributed by atoms with Gasteiger partial charge in [0, 0.05) is 48.5 Å². The Bertz CT molecular complexity index is 1500. The summed E-state index contributed by atoms with van der Waals surface area (Å²) >= 11 is 0. The average Bonchev–Trinajstić information content (AvgIpc) is 3.27. The average molecular weight is 486 g/mol. The highest BCUT2D eigenvalue weighted by Crippen LogP contribution is 2.34. The number of carbonyl (C=O) groups excluding carboxylic acids is 1. The minimum absolute atomic E-state index is 0.0992. The van der Waals surface area contributed by atoms with E-state index in [2.05, 4.69) is 46.6 Å². The molecule has 3 atom stereocenters. The molecule has 4 N–H and O–H groups in total. The SMILES string of the molecule is C[C@@H]1C=C[C@H](O)[C@](C)(CNCc2cc3ccc(CNC(=O)c4cc(=O)n5ccccc5n4)cc3[nH]2)C1. The van der Waals surface area contributed by atoms with Crippen molar-refractivity contribution in [3.63, 3.8) is 0 Å². The van der Waals surface area contributed by atoms with E-state index in [4.69, 9.17) is 0 Å². The van der Waals surface area contributed by atoms with Gasteiger partial charge in [0.25, 0.3) is 11.5 Å². The molecule has 36 heavy (non-hydrogen) atoms. The summed E-state index contributed by atoms with van der Waals surface area (Å²) in [7, 11) is 0. The smallest absolute Gasteiger partial charge is 0.270 e. The summed E-state index contributed by atoms with van der Waals surface area (Å²) in [6.45, 7) is 6.02. The number of hydrogen-bond acceptors (Lipinski definition) is 5. The second kappa shape index (κ2) is 9.72. The molecule has 0 fully saturated rings. The Kier molecular flexibility index (Phi) is 6.47. The minimum Gasteiger partial charge on any atom is -0.388 e. The fourth-order valence-corrected chi connectivity index (χ4v) is 4.99. The number of amides is 1. The zero-order valence-corrected chi connectivity index (χ0v) is 20.5. The van der Waals surface area contributed by atoms with Crippen LogP contribution in [0.2, 0.25) is 0 Å². The van der Waals surface area contributed by atoms with Gasteiger partial charge >= 0.3 is 0 Å². The quantitative estimate of drug-likeness (QED) is 0.301. The van der Waals surface area contributed by atoms with E-state index < -0.39 is 12.0 Å². The van der Waals surface area contributed by atoms with Gasteiger partial charge in [-0.05, 0) is 47.6 Å². The van der Waals surface area contributed by atoms with E-state index in [1.165, 1.54) is 10.5 Å². The van der Waals surface area contributed by atoms with Gasteiger partial charge in [0.15, 0.2) is 0 Å². The number of pyridine rings is 1. The van der Waals surface area contributed by atoms with Crippen LogP contribution in [0.25, 0.3) is 16.6 Å². The summed E-state index contributed by atoms with van der Waals surface area (Å²) in [6, 6.07) is 14.6. The van der Waals surface area contributed by atoms with E-state index >= 15 is 0 Å². The maximum atomic E-state index is 12.6. The first-order valence-electron chi connectivity index (χ1n) is 12.2. The van der Waals surface area contributed by atoms with Crippen LogP contribution in [0, 0.1) is 11.3 Å².